The Kier molecular flexibility index (Phi) is 3.88. The van der Waals surface area contributed by atoms with Crippen molar-refractivity contribution in [2.45, 2.75) is 13.1 Å². The van der Waals surface area contributed by atoms with Crippen molar-refractivity contribution in [3.05, 3.63) is 48.0 Å². The molecule has 1 rings (SSSR count). The van der Waals surface area contributed by atoms with Crippen LogP contribution in [0.3, 0.4) is 0 Å². The van der Waals surface area contributed by atoms with Gasteiger partial charge in [0.15, 0.2) is 0 Å². The molecule has 0 atom stereocenters. The molecule has 74 valence electrons. The highest BCUT2D eigenvalue weighted by Gasteiger charge is 1.95. The molecule has 0 unspecified atom stereocenters. The van der Waals surface area contributed by atoms with Crippen LogP contribution in [0.1, 0.15) is 11.1 Å². The average molecular weight is 190 g/mol. The number of hydrogen-bond donors (Lipinski definition) is 2. The predicted octanol–water partition coefficient (Wildman–Crippen LogP) is 0.948. The maximum atomic E-state index is 10.9. The van der Waals surface area contributed by atoms with Gasteiger partial charge in [0, 0.05) is 13.1 Å². The lowest BCUT2D eigenvalue weighted by Gasteiger charge is -2.03. The third-order valence-corrected chi connectivity index (χ3v) is 1.91. The molecule has 0 aliphatic heterocycles. The summed E-state index contributed by atoms with van der Waals surface area (Å²) in [5, 5.41) is 2.70. The summed E-state index contributed by atoms with van der Waals surface area (Å²) in [6.07, 6.45) is 1.26. The number of amides is 1. The van der Waals surface area contributed by atoms with Gasteiger partial charge < -0.3 is 11.1 Å². The molecular weight excluding hydrogens is 176 g/mol. The van der Waals surface area contributed by atoms with E-state index < -0.39 is 0 Å². The van der Waals surface area contributed by atoms with Crippen LogP contribution < -0.4 is 11.1 Å². The first-order valence-corrected chi connectivity index (χ1v) is 4.44. The van der Waals surface area contributed by atoms with Crippen LogP contribution in [0.5, 0.6) is 0 Å². The van der Waals surface area contributed by atoms with E-state index in [0.29, 0.717) is 13.1 Å². The molecule has 3 N–H and O–H groups in total. The summed E-state index contributed by atoms with van der Waals surface area (Å²) in [5.74, 6) is -0.159. The van der Waals surface area contributed by atoms with Gasteiger partial charge in [-0.25, -0.2) is 0 Å². The van der Waals surface area contributed by atoms with Crippen molar-refractivity contribution in [2.75, 3.05) is 0 Å². The van der Waals surface area contributed by atoms with E-state index in [4.69, 9.17) is 5.73 Å². The van der Waals surface area contributed by atoms with Crippen LogP contribution in [0.4, 0.5) is 0 Å². The maximum absolute atomic E-state index is 10.9. The summed E-state index contributed by atoms with van der Waals surface area (Å²) >= 11 is 0. The molecule has 0 aliphatic carbocycles. The van der Waals surface area contributed by atoms with Gasteiger partial charge in [-0.05, 0) is 17.2 Å². The van der Waals surface area contributed by atoms with E-state index in [1.54, 1.807) is 0 Å². The van der Waals surface area contributed by atoms with Crippen LogP contribution in [-0.4, -0.2) is 5.91 Å². The lowest BCUT2D eigenvalue weighted by Crippen LogP contribution is -2.19. The van der Waals surface area contributed by atoms with Gasteiger partial charge in [0.1, 0.15) is 0 Å². The second-order valence-corrected chi connectivity index (χ2v) is 2.94. The zero-order chi connectivity index (χ0) is 10.4. The van der Waals surface area contributed by atoms with E-state index in [9.17, 15) is 4.79 Å². The molecule has 0 bridgehead atoms. The SMILES string of the molecule is C=CC(=O)NCc1ccc(CN)cc1. The fourth-order valence-electron chi connectivity index (χ4n) is 1.05. The first-order chi connectivity index (χ1) is 6.76. The first kappa shape index (κ1) is 10.5. The number of carbonyl (C=O) groups is 1. The maximum Gasteiger partial charge on any atom is 0.243 e. The molecule has 0 saturated heterocycles. The van der Waals surface area contributed by atoms with Crippen LogP contribution >= 0.6 is 0 Å². The Morgan fingerprint density at radius 1 is 1.36 bits per heavy atom. The predicted molar refractivity (Wildman–Crippen MR) is 56.4 cm³/mol. The van der Waals surface area contributed by atoms with Crippen LogP contribution in [0.15, 0.2) is 36.9 Å². The molecule has 0 spiro atoms. The number of hydrogen-bond acceptors (Lipinski definition) is 2. The molecule has 0 radical (unpaired) electrons. The topological polar surface area (TPSA) is 55.1 Å². The van der Waals surface area contributed by atoms with E-state index in [0.717, 1.165) is 11.1 Å². The summed E-state index contributed by atoms with van der Waals surface area (Å²) in [7, 11) is 0. The molecule has 1 aromatic carbocycles. The van der Waals surface area contributed by atoms with Gasteiger partial charge in [0.2, 0.25) is 5.91 Å². The van der Waals surface area contributed by atoms with E-state index in [1.165, 1.54) is 6.08 Å². The average Bonchev–Trinajstić information content (AvgIpc) is 2.26. The first-order valence-electron chi connectivity index (χ1n) is 4.44. The minimum atomic E-state index is -0.159. The standard InChI is InChI=1S/C11H14N2O/c1-2-11(14)13-8-10-5-3-9(7-12)4-6-10/h2-6H,1,7-8,12H2,(H,13,14). The third-order valence-electron chi connectivity index (χ3n) is 1.91. The quantitative estimate of drug-likeness (QED) is 0.694. The molecule has 3 nitrogen and oxygen atoms in total. The molecule has 0 fully saturated rings. The summed E-state index contributed by atoms with van der Waals surface area (Å²) in [6, 6.07) is 7.81. The van der Waals surface area contributed by atoms with Gasteiger partial charge in [0.05, 0.1) is 0 Å². The highest BCUT2D eigenvalue weighted by Crippen LogP contribution is 2.03. The van der Waals surface area contributed by atoms with Gasteiger partial charge in [-0.1, -0.05) is 30.8 Å². The minimum absolute atomic E-state index is 0.159. The molecule has 0 aliphatic rings. The molecule has 1 amide bonds. The fraction of sp³-hybridized carbons (Fsp3) is 0.182. The van der Waals surface area contributed by atoms with Gasteiger partial charge in [-0.15, -0.1) is 0 Å². The second-order valence-electron chi connectivity index (χ2n) is 2.94. The summed E-state index contributed by atoms with van der Waals surface area (Å²) < 4.78 is 0. The summed E-state index contributed by atoms with van der Waals surface area (Å²) in [5.41, 5.74) is 7.60. The zero-order valence-electron chi connectivity index (χ0n) is 7.99. The van der Waals surface area contributed by atoms with Crippen LogP contribution in [0, 0.1) is 0 Å². The van der Waals surface area contributed by atoms with Crippen molar-refractivity contribution in [3.8, 4) is 0 Å². The van der Waals surface area contributed by atoms with Crippen molar-refractivity contribution in [1.82, 2.24) is 5.32 Å². The van der Waals surface area contributed by atoms with Crippen molar-refractivity contribution < 1.29 is 4.79 Å². The van der Waals surface area contributed by atoms with E-state index >= 15 is 0 Å². The number of benzene rings is 1. The van der Waals surface area contributed by atoms with Gasteiger partial charge in [0.25, 0.3) is 0 Å². The van der Waals surface area contributed by atoms with Crippen LogP contribution in [0.2, 0.25) is 0 Å². The van der Waals surface area contributed by atoms with Crippen molar-refractivity contribution in [3.63, 3.8) is 0 Å². The Bertz CT molecular complexity index is 317. The van der Waals surface area contributed by atoms with Gasteiger partial charge in [-0.2, -0.15) is 0 Å². The molecule has 0 aromatic heterocycles. The summed E-state index contributed by atoms with van der Waals surface area (Å²) in [4.78, 5) is 10.9. The second kappa shape index (κ2) is 5.19. The Hall–Kier alpha value is -1.61. The fourth-order valence-corrected chi connectivity index (χ4v) is 1.05. The van der Waals surface area contributed by atoms with Crippen molar-refractivity contribution in [1.29, 1.82) is 0 Å². The Labute approximate surface area is 83.6 Å². The number of carbonyl (C=O) groups excluding carboxylic acids is 1. The zero-order valence-corrected chi connectivity index (χ0v) is 7.99. The largest absolute Gasteiger partial charge is 0.348 e. The van der Waals surface area contributed by atoms with Gasteiger partial charge >= 0.3 is 0 Å². The highest BCUT2D eigenvalue weighted by atomic mass is 16.1. The lowest BCUT2D eigenvalue weighted by atomic mass is 10.1. The molecule has 0 saturated carbocycles. The number of rotatable bonds is 4. The monoisotopic (exact) mass is 190 g/mol. The van der Waals surface area contributed by atoms with Crippen LogP contribution in [0.25, 0.3) is 0 Å². The smallest absolute Gasteiger partial charge is 0.243 e. The van der Waals surface area contributed by atoms with E-state index in [-0.39, 0.29) is 5.91 Å². The third kappa shape index (κ3) is 3.03. The molecule has 14 heavy (non-hydrogen) atoms. The Morgan fingerprint density at radius 3 is 2.43 bits per heavy atom. The highest BCUT2D eigenvalue weighted by molar-refractivity contribution is 5.86. The van der Waals surface area contributed by atoms with E-state index in [1.807, 2.05) is 24.3 Å². The van der Waals surface area contributed by atoms with Crippen LogP contribution in [-0.2, 0) is 17.9 Å². The number of nitrogens with one attached hydrogen (secondary N) is 1. The minimum Gasteiger partial charge on any atom is -0.348 e. The summed E-state index contributed by atoms with van der Waals surface area (Å²) in [6.45, 7) is 4.44. The van der Waals surface area contributed by atoms with Crippen molar-refractivity contribution in [2.24, 2.45) is 5.73 Å². The number of nitrogens with two attached hydrogens (primary N) is 1. The molecule has 0 heterocycles. The normalized spacial score (nSPS) is 9.50. The Balaban J connectivity index is 2.51. The molecule has 3 heteroatoms. The molecule has 1 aromatic rings. The van der Waals surface area contributed by atoms with Crippen molar-refractivity contribution >= 4 is 5.91 Å². The Morgan fingerprint density at radius 2 is 1.93 bits per heavy atom. The molecular formula is C11H14N2O. The van der Waals surface area contributed by atoms with E-state index in [2.05, 4.69) is 11.9 Å². The lowest BCUT2D eigenvalue weighted by molar-refractivity contribution is -0.116. The van der Waals surface area contributed by atoms with Gasteiger partial charge in [-0.3, -0.25) is 4.79 Å².